The van der Waals surface area contributed by atoms with Crippen molar-refractivity contribution >= 4 is 5.69 Å². The van der Waals surface area contributed by atoms with E-state index in [-0.39, 0.29) is 11.9 Å². The molecule has 0 aromatic heterocycles. The highest BCUT2D eigenvalue weighted by Crippen LogP contribution is 2.18. The minimum atomic E-state index is -0.199. The molecular weight excluding hydrogens is 189 g/mol. The smallest absolute Gasteiger partial charge is 0.146 e. The van der Waals surface area contributed by atoms with Crippen LogP contribution in [0.2, 0.25) is 0 Å². The molecule has 0 amide bonds. The van der Waals surface area contributed by atoms with Gasteiger partial charge in [0, 0.05) is 6.04 Å². The molecule has 1 nitrogen and oxygen atoms in total. The van der Waals surface area contributed by atoms with Crippen LogP contribution in [-0.2, 0) is 0 Å². The van der Waals surface area contributed by atoms with Gasteiger partial charge in [0.05, 0.1) is 5.69 Å². The van der Waals surface area contributed by atoms with Crippen molar-refractivity contribution in [2.24, 2.45) is 5.92 Å². The Kier molecular flexibility index (Phi) is 4.35. The zero-order chi connectivity index (χ0) is 11.3. The monoisotopic (exact) mass is 207 g/mol. The normalized spacial score (nSPS) is 14.3. The van der Waals surface area contributed by atoms with Crippen molar-refractivity contribution in [3.8, 4) is 0 Å². The summed E-state index contributed by atoms with van der Waals surface area (Å²) >= 11 is 0. The molecule has 2 heteroatoms. The molecule has 0 spiro atoms. The van der Waals surface area contributed by atoms with Gasteiger partial charge in [-0.15, -0.1) is 6.58 Å². The van der Waals surface area contributed by atoms with Gasteiger partial charge in [-0.3, -0.25) is 0 Å². The number of anilines is 1. The Bertz CT molecular complexity index is 322. The first-order valence-electron chi connectivity index (χ1n) is 5.27. The molecule has 0 aliphatic carbocycles. The first-order valence-corrected chi connectivity index (χ1v) is 5.27. The number of halogens is 1. The van der Waals surface area contributed by atoms with Crippen molar-refractivity contribution in [1.82, 2.24) is 0 Å². The molecule has 1 N–H and O–H groups in total. The highest BCUT2D eigenvalue weighted by Gasteiger charge is 2.11. The van der Waals surface area contributed by atoms with Gasteiger partial charge in [0.2, 0.25) is 0 Å². The largest absolute Gasteiger partial charge is 0.380 e. The molecule has 0 heterocycles. The molecule has 0 aliphatic heterocycles. The van der Waals surface area contributed by atoms with E-state index in [4.69, 9.17) is 0 Å². The summed E-state index contributed by atoms with van der Waals surface area (Å²) in [5.41, 5.74) is 0.570. The number of rotatable bonds is 5. The standard InChI is InChI=1S/C13H18FN/c1-4-7-10(2)11(3)15-13-9-6-5-8-12(13)14/h4-6,8-11,15H,1,7H2,2-3H3. The van der Waals surface area contributed by atoms with Crippen molar-refractivity contribution in [2.45, 2.75) is 26.3 Å². The number of benzene rings is 1. The van der Waals surface area contributed by atoms with E-state index in [1.165, 1.54) is 6.07 Å². The molecule has 15 heavy (non-hydrogen) atoms. The van der Waals surface area contributed by atoms with Gasteiger partial charge in [-0.25, -0.2) is 4.39 Å². The molecule has 1 aromatic rings. The molecule has 82 valence electrons. The molecule has 0 bridgehead atoms. The summed E-state index contributed by atoms with van der Waals surface area (Å²) in [6, 6.07) is 6.98. The van der Waals surface area contributed by atoms with Crippen LogP contribution in [0.15, 0.2) is 36.9 Å². The minimum absolute atomic E-state index is 0.199. The fraction of sp³-hybridized carbons (Fsp3) is 0.385. The fourth-order valence-electron chi connectivity index (χ4n) is 1.43. The molecule has 0 saturated carbocycles. The fourth-order valence-corrected chi connectivity index (χ4v) is 1.43. The zero-order valence-electron chi connectivity index (χ0n) is 9.33. The van der Waals surface area contributed by atoms with Crippen LogP contribution in [0.1, 0.15) is 20.3 Å². The van der Waals surface area contributed by atoms with Crippen LogP contribution < -0.4 is 5.32 Å². The SMILES string of the molecule is C=CCC(C)C(C)Nc1ccccc1F. The van der Waals surface area contributed by atoms with Gasteiger partial charge < -0.3 is 5.32 Å². The van der Waals surface area contributed by atoms with Crippen molar-refractivity contribution < 1.29 is 4.39 Å². The quantitative estimate of drug-likeness (QED) is 0.723. The molecule has 1 rings (SSSR count). The van der Waals surface area contributed by atoms with Gasteiger partial charge in [0.25, 0.3) is 0 Å². The number of nitrogens with one attached hydrogen (secondary N) is 1. The second kappa shape index (κ2) is 5.54. The first kappa shape index (κ1) is 11.8. The predicted octanol–water partition coefficient (Wildman–Crippen LogP) is 3.84. The number of hydrogen-bond acceptors (Lipinski definition) is 1. The van der Waals surface area contributed by atoms with Crippen LogP contribution in [0.4, 0.5) is 10.1 Å². The second-order valence-corrected chi connectivity index (χ2v) is 3.91. The summed E-state index contributed by atoms with van der Waals surface area (Å²) in [7, 11) is 0. The summed E-state index contributed by atoms with van der Waals surface area (Å²) in [5, 5.41) is 3.17. The van der Waals surface area contributed by atoms with Crippen molar-refractivity contribution in [2.75, 3.05) is 5.32 Å². The lowest BCUT2D eigenvalue weighted by Crippen LogP contribution is -2.23. The van der Waals surface area contributed by atoms with E-state index >= 15 is 0 Å². The van der Waals surface area contributed by atoms with E-state index in [0.717, 1.165) is 6.42 Å². The lowest BCUT2D eigenvalue weighted by atomic mass is 9.99. The van der Waals surface area contributed by atoms with Crippen LogP contribution in [-0.4, -0.2) is 6.04 Å². The van der Waals surface area contributed by atoms with Gasteiger partial charge in [-0.05, 0) is 31.4 Å². The molecule has 2 unspecified atom stereocenters. The maximum Gasteiger partial charge on any atom is 0.146 e. The maximum absolute atomic E-state index is 13.3. The summed E-state index contributed by atoms with van der Waals surface area (Å²) in [6.07, 6.45) is 2.83. The zero-order valence-corrected chi connectivity index (χ0v) is 9.33. The summed E-state index contributed by atoms with van der Waals surface area (Å²) in [6.45, 7) is 7.89. The Hall–Kier alpha value is -1.31. The first-order chi connectivity index (χ1) is 7.15. The van der Waals surface area contributed by atoms with E-state index in [2.05, 4.69) is 25.7 Å². The van der Waals surface area contributed by atoms with Gasteiger partial charge in [-0.1, -0.05) is 25.1 Å². The third kappa shape index (κ3) is 3.39. The van der Waals surface area contributed by atoms with E-state index in [1.54, 1.807) is 12.1 Å². The van der Waals surface area contributed by atoms with Crippen molar-refractivity contribution in [3.63, 3.8) is 0 Å². The molecule has 0 saturated heterocycles. The Morgan fingerprint density at radius 3 is 2.67 bits per heavy atom. The highest BCUT2D eigenvalue weighted by atomic mass is 19.1. The molecule has 0 fully saturated rings. The van der Waals surface area contributed by atoms with E-state index < -0.39 is 0 Å². The number of para-hydroxylation sites is 1. The second-order valence-electron chi connectivity index (χ2n) is 3.91. The summed E-state index contributed by atoms with van der Waals surface area (Å²) in [4.78, 5) is 0. The summed E-state index contributed by atoms with van der Waals surface area (Å²) in [5.74, 6) is 0.247. The van der Waals surface area contributed by atoms with Gasteiger partial charge >= 0.3 is 0 Å². The molecule has 0 radical (unpaired) electrons. The van der Waals surface area contributed by atoms with Crippen LogP contribution in [0, 0.1) is 11.7 Å². The van der Waals surface area contributed by atoms with Crippen LogP contribution in [0.25, 0.3) is 0 Å². The molecular formula is C13H18FN. The van der Waals surface area contributed by atoms with Gasteiger partial charge in [-0.2, -0.15) is 0 Å². The van der Waals surface area contributed by atoms with Crippen molar-refractivity contribution in [3.05, 3.63) is 42.7 Å². The van der Waals surface area contributed by atoms with E-state index in [9.17, 15) is 4.39 Å². The third-order valence-corrected chi connectivity index (χ3v) is 2.65. The van der Waals surface area contributed by atoms with E-state index in [1.807, 2.05) is 12.1 Å². The lowest BCUT2D eigenvalue weighted by molar-refractivity contribution is 0.513. The average Bonchev–Trinajstić information content (AvgIpc) is 2.21. The average molecular weight is 207 g/mol. The number of hydrogen-bond donors (Lipinski definition) is 1. The Morgan fingerprint density at radius 1 is 1.40 bits per heavy atom. The highest BCUT2D eigenvalue weighted by molar-refractivity contribution is 5.45. The van der Waals surface area contributed by atoms with Gasteiger partial charge in [0.1, 0.15) is 5.82 Å². The predicted molar refractivity (Wildman–Crippen MR) is 63.5 cm³/mol. The Balaban J connectivity index is 2.61. The maximum atomic E-state index is 13.3. The van der Waals surface area contributed by atoms with Crippen LogP contribution in [0.5, 0.6) is 0 Å². The topological polar surface area (TPSA) is 12.0 Å². The summed E-state index contributed by atoms with van der Waals surface area (Å²) < 4.78 is 13.3. The third-order valence-electron chi connectivity index (χ3n) is 2.65. The van der Waals surface area contributed by atoms with Crippen LogP contribution >= 0.6 is 0 Å². The van der Waals surface area contributed by atoms with Crippen molar-refractivity contribution in [1.29, 1.82) is 0 Å². The lowest BCUT2D eigenvalue weighted by Gasteiger charge is -2.21. The molecule has 1 aromatic carbocycles. The Morgan fingerprint density at radius 2 is 2.07 bits per heavy atom. The van der Waals surface area contributed by atoms with Crippen LogP contribution in [0.3, 0.4) is 0 Å². The van der Waals surface area contributed by atoms with Gasteiger partial charge in [0.15, 0.2) is 0 Å². The Labute approximate surface area is 91.0 Å². The molecule has 2 atom stereocenters. The van der Waals surface area contributed by atoms with E-state index in [0.29, 0.717) is 11.6 Å². The molecule has 0 aliphatic rings. The number of allylic oxidation sites excluding steroid dienone is 1. The minimum Gasteiger partial charge on any atom is -0.380 e.